The van der Waals surface area contributed by atoms with E-state index in [9.17, 15) is 13.6 Å². The average Bonchev–Trinajstić information content (AvgIpc) is 3.44. The van der Waals surface area contributed by atoms with Crippen LogP contribution in [0.25, 0.3) is 0 Å². The second-order valence-corrected chi connectivity index (χ2v) is 8.56. The van der Waals surface area contributed by atoms with Crippen molar-refractivity contribution >= 4 is 12.1 Å². The van der Waals surface area contributed by atoms with E-state index in [4.69, 9.17) is 10.00 Å². The first-order valence-electron chi connectivity index (χ1n) is 10.1. The number of hydrazone groups is 1. The van der Waals surface area contributed by atoms with Gasteiger partial charge in [-0.15, -0.1) is 0 Å². The Labute approximate surface area is 177 Å². The highest BCUT2D eigenvalue weighted by Gasteiger charge is 2.59. The Kier molecular flexibility index (Phi) is 4.65. The molecule has 1 aromatic carbocycles. The number of aromatic nitrogens is 2. The Hall–Kier alpha value is -3.41. The van der Waals surface area contributed by atoms with E-state index in [0.717, 1.165) is 18.9 Å². The zero-order chi connectivity index (χ0) is 21.6. The predicted octanol–water partition coefficient (Wildman–Crippen LogP) is 3.38. The van der Waals surface area contributed by atoms with Gasteiger partial charge in [0, 0.05) is 36.1 Å². The van der Waals surface area contributed by atoms with Crippen LogP contribution in [0, 0.1) is 40.2 Å². The molecule has 1 amide bonds. The van der Waals surface area contributed by atoms with E-state index in [1.807, 2.05) is 6.07 Å². The van der Waals surface area contributed by atoms with Gasteiger partial charge in [0.1, 0.15) is 29.7 Å². The molecule has 1 aromatic heterocycles. The molecule has 158 valence electrons. The molecule has 2 atom stereocenters. The van der Waals surface area contributed by atoms with Crippen molar-refractivity contribution in [1.29, 1.82) is 5.26 Å². The lowest BCUT2D eigenvalue weighted by Crippen LogP contribution is -2.36. The Morgan fingerprint density at radius 1 is 1.19 bits per heavy atom. The first kappa shape index (κ1) is 19.5. The van der Waals surface area contributed by atoms with Crippen molar-refractivity contribution < 1.29 is 18.3 Å². The van der Waals surface area contributed by atoms with Gasteiger partial charge in [0.15, 0.2) is 0 Å². The summed E-state index contributed by atoms with van der Waals surface area (Å²) < 4.78 is 33.2. The minimum atomic E-state index is -0.669. The largest absolute Gasteiger partial charge is 0.477 e. The number of carbonyl (C=O) groups excluding carboxylic acids is 1. The molecule has 31 heavy (non-hydrogen) atoms. The number of fused-ring (bicyclic) bond motifs is 1. The Morgan fingerprint density at radius 3 is 2.71 bits per heavy atom. The maximum atomic E-state index is 13.7. The van der Waals surface area contributed by atoms with E-state index in [1.165, 1.54) is 29.5 Å². The second kappa shape index (κ2) is 7.38. The van der Waals surface area contributed by atoms with Crippen molar-refractivity contribution in [3.63, 3.8) is 0 Å². The highest BCUT2D eigenvalue weighted by molar-refractivity contribution is 5.83. The van der Waals surface area contributed by atoms with Crippen LogP contribution < -0.4 is 4.74 Å². The Bertz CT molecular complexity index is 1090. The van der Waals surface area contributed by atoms with Crippen molar-refractivity contribution in [2.24, 2.45) is 22.4 Å². The van der Waals surface area contributed by atoms with Gasteiger partial charge >= 0.3 is 0 Å². The number of rotatable bonds is 5. The van der Waals surface area contributed by atoms with Crippen molar-refractivity contribution in [3.8, 4) is 11.9 Å². The molecular formula is C22H19F2N5O2. The quantitative estimate of drug-likeness (QED) is 0.735. The summed E-state index contributed by atoms with van der Waals surface area (Å²) in [5.74, 6) is -1.05. The first-order chi connectivity index (χ1) is 15.0. The zero-order valence-electron chi connectivity index (χ0n) is 16.5. The number of ether oxygens (including phenoxy) is 1. The van der Waals surface area contributed by atoms with Gasteiger partial charge in [-0.3, -0.25) is 4.79 Å². The van der Waals surface area contributed by atoms with Crippen LogP contribution >= 0.6 is 0 Å². The Balaban J connectivity index is 1.26. The van der Waals surface area contributed by atoms with Crippen molar-refractivity contribution in [2.75, 3.05) is 6.61 Å². The van der Waals surface area contributed by atoms with Crippen LogP contribution in [0.5, 0.6) is 5.88 Å². The van der Waals surface area contributed by atoms with Gasteiger partial charge in [-0.25, -0.2) is 23.8 Å². The molecule has 7 nitrogen and oxygen atoms in total. The first-order valence-corrected chi connectivity index (χ1v) is 10.1. The molecule has 1 aliphatic heterocycles. The molecule has 2 heterocycles. The monoisotopic (exact) mass is 423 g/mol. The van der Waals surface area contributed by atoms with Gasteiger partial charge in [-0.1, -0.05) is 0 Å². The lowest BCUT2D eigenvalue weighted by molar-refractivity contribution is -0.138. The smallest absolute Gasteiger partial charge is 0.246 e. The highest BCUT2D eigenvalue weighted by atomic mass is 19.1. The maximum absolute atomic E-state index is 13.7. The molecule has 6 rings (SSSR count). The van der Waals surface area contributed by atoms with Crippen molar-refractivity contribution in [3.05, 3.63) is 53.5 Å². The number of nitriles is 1. The normalized spacial score (nSPS) is 28.3. The molecule has 3 saturated carbocycles. The number of nitrogens with zero attached hydrogens (tertiary/aromatic N) is 5. The van der Waals surface area contributed by atoms with Crippen LogP contribution in [0.4, 0.5) is 8.78 Å². The lowest BCUT2D eigenvalue weighted by atomic mass is 9.70. The molecule has 3 aliphatic carbocycles. The summed E-state index contributed by atoms with van der Waals surface area (Å²) in [5, 5.41) is 14.6. The summed E-state index contributed by atoms with van der Waals surface area (Å²) in [4.78, 5) is 21.1. The fourth-order valence-electron chi connectivity index (χ4n) is 5.15. The van der Waals surface area contributed by atoms with Crippen molar-refractivity contribution in [1.82, 2.24) is 15.0 Å². The number of benzene rings is 1. The number of hydrogen-bond acceptors (Lipinski definition) is 6. The molecule has 0 spiro atoms. The van der Waals surface area contributed by atoms with Gasteiger partial charge in [0.25, 0.3) is 0 Å². The summed E-state index contributed by atoms with van der Waals surface area (Å²) in [6.45, 7) is 0.414. The molecule has 2 aromatic rings. The molecule has 0 saturated heterocycles. The predicted molar refractivity (Wildman–Crippen MR) is 105 cm³/mol. The minimum absolute atomic E-state index is 0.105. The van der Waals surface area contributed by atoms with E-state index in [2.05, 4.69) is 15.1 Å². The molecule has 9 heteroatoms. The SMILES string of the molecule is N#Cc1cc(OCC23CC(C2)C(C(=O)N2N=CCC2c2cc(F)cc(F)c2)C3)ncn1. The number of halogens is 2. The van der Waals surface area contributed by atoms with Gasteiger partial charge in [-0.2, -0.15) is 10.4 Å². The molecule has 0 N–H and O–H groups in total. The van der Waals surface area contributed by atoms with Gasteiger partial charge in [0.2, 0.25) is 11.8 Å². The van der Waals surface area contributed by atoms with Crippen LogP contribution in [-0.2, 0) is 4.79 Å². The summed E-state index contributed by atoms with van der Waals surface area (Å²) in [5.41, 5.74) is 0.538. The highest BCUT2D eigenvalue weighted by Crippen LogP contribution is 2.62. The third-order valence-corrected chi connectivity index (χ3v) is 6.54. The zero-order valence-corrected chi connectivity index (χ0v) is 16.5. The lowest BCUT2D eigenvalue weighted by Gasteiger charge is -2.38. The topological polar surface area (TPSA) is 91.5 Å². The third-order valence-electron chi connectivity index (χ3n) is 6.54. The van der Waals surface area contributed by atoms with Crippen LogP contribution in [0.2, 0.25) is 0 Å². The van der Waals surface area contributed by atoms with Crippen LogP contribution in [-0.4, -0.2) is 33.7 Å². The van der Waals surface area contributed by atoms with E-state index in [-0.39, 0.29) is 28.9 Å². The maximum Gasteiger partial charge on any atom is 0.246 e. The number of hydrogen-bond donors (Lipinski definition) is 0. The fraction of sp³-hybridized carbons (Fsp3) is 0.409. The van der Waals surface area contributed by atoms with Crippen LogP contribution in [0.3, 0.4) is 0 Å². The Morgan fingerprint density at radius 2 is 1.97 bits per heavy atom. The van der Waals surface area contributed by atoms with Gasteiger partial charge < -0.3 is 4.74 Å². The van der Waals surface area contributed by atoms with E-state index in [0.29, 0.717) is 30.9 Å². The molecule has 2 bridgehead atoms. The minimum Gasteiger partial charge on any atom is -0.477 e. The molecular weight excluding hydrogens is 404 g/mol. The molecule has 3 fully saturated rings. The fourth-order valence-corrected chi connectivity index (χ4v) is 5.15. The average molecular weight is 423 g/mol. The van der Waals surface area contributed by atoms with Crippen LogP contribution in [0.1, 0.15) is 43.0 Å². The van der Waals surface area contributed by atoms with Gasteiger partial charge in [0.05, 0.1) is 12.6 Å². The standard InChI is InChI=1S/C22H19F2N5O2/c23-15-3-13(4-16(24)5-15)19-1-2-28-29(19)21(30)18-9-22(7-14(18)8-22)11-31-20-6-17(10-25)26-12-27-20/h2-6,12,14,18-19H,1,7-9,11H2. The van der Waals surface area contributed by atoms with Crippen LogP contribution in [0.15, 0.2) is 35.7 Å². The summed E-state index contributed by atoms with van der Waals surface area (Å²) in [6, 6.07) is 6.28. The van der Waals surface area contributed by atoms with Crippen molar-refractivity contribution in [2.45, 2.75) is 31.7 Å². The van der Waals surface area contributed by atoms with Gasteiger partial charge in [-0.05, 0) is 42.9 Å². The summed E-state index contributed by atoms with van der Waals surface area (Å²) in [7, 11) is 0. The van der Waals surface area contributed by atoms with E-state index >= 15 is 0 Å². The summed E-state index contributed by atoms with van der Waals surface area (Å²) >= 11 is 0. The molecule has 0 radical (unpaired) electrons. The van der Waals surface area contributed by atoms with E-state index in [1.54, 1.807) is 6.21 Å². The summed E-state index contributed by atoms with van der Waals surface area (Å²) in [6.07, 6.45) is 5.74. The number of carbonyl (C=O) groups is 1. The second-order valence-electron chi connectivity index (χ2n) is 8.56. The third kappa shape index (κ3) is 3.52. The molecule has 2 unspecified atom stereocenters. The molecule has 4 aliphatic rings. The van der Waals surface area contributed by atoms with E-state index < -0.39 is 17.7 Å². The number of amides is 1.